The standard InChI is InChI=1S/C63H56N2/c1-9-12-15-25-47(7)64(53-36-34-51(35-37-53)63-58-32-22-20-30-56(58)62(50-26-16-13-17-27-50)57-31-21-23-33-59(57)63)54-38-40-55-60(43-46(6)45(5)42-49(11-3)44(4)24-10-2)48(8)65(61(55)41-39-54)52-28-18-14-19-29-52/h9-37,39-43H,1,3H2,2,4-8H3/b15-12-,24-10-,45-42+,46-43+,47-25+,49-44+. The maximum atomic E-state index is 4.11. The van der Waals surface area contributed by atoms with Gasteiger partial charge in [-0.25, -0.2) is 0 Å². The topological polar surface area (TPSA) is 8.17 Å². The van der Waals surface area contributed by atoms with Gasteiger partial charge in [0.15, 0.2) is 0 Å². The molecule has 0 spiro atoms. The van der Waals surface area contributed by atoms with Crippen molar-refractivity contribution in [2.24, 2.45) is 0 Å². The molecule has 318 valence electrons. The number of hydrogen-bond acceptors (Lipinski definition) is 1. The van der Waals surface area contributed by atoms with Gasteiger partial charge in [-0.3, -0.25) is 0 Å². The van der Waals surface area contributed by atoms with Crippen LogP contribution in [-0.2, 0) is 0 Å². The molecular weight excluding hydrogens is 785 g/mol. The van der Waals surface area contributed by atoms with Crippen LogP contribution in [0, 0.1) is 6.92 Å². The van der Waals surface area contributed by atoms with Crippen molar-refractivity contribution in [3.63, 3.8) is 0 Å². The predicted octanol–water partition coefficient (Wildman–Crippen LogP) is 17.5. The zero-order valence-corrected chi connectivity index (χ0v) is 38.4. The minimum absolute atomic E-state index is 0.929. The molecule has 1 heterocycles. The molecule has 7 aromatic rings. The molecule has 1 aliphatic rings. The fraction of sp³-hybridized carbons (Fsp3) is 0.0952. The van der Waals surface area contributed by atoms with Crippen molar-refractivity contribution >= 4 is 45.5 Å². The minimum atomic E-state index is 0.929. The molecule has 0 bridgehead atoms. The van der Waals surface area contributed by atoms with Crippen LogP contribution in [0.4, 0.5) is 5.69 Å². The lowest BCUT2D eigenvalue weighted by Crippen LogP contribution is -2.18. The minimum Gasteiger partial charge on any atom is -0.313 e. The Balaban J connectivity index is 1.27. The lowest BCUT2D eigenvalue weighted by Gasteiger charge is -2.26. The van der Waals surface area contributed by atoms with Gasteiger partial charge in [0.1, 0.15) is 0 Å². The number of para-hydroxylation sites is 1. The molecule has 65 heavy (non-hydrogen) atoms. The summed E-state index contributed by atoms with van der Waals surface area (Å²) in [6, 6.07) is 48.1. The largest absolute Gasteiger partial charge is 0.313 e. The molecule has 0 saturated carbocycles. The first-order valence-corrected chi connectivity index (χ1v) is 22.4. The summed E-state index contributed by atoms with van der Waals surface area (Å²) in [6.45, 7) is 20.9. The van der Waals surface area contributed by atoms with Crippen LogP contribution in [-0.4, -0.2) is 4.57 Å². The summed E-state index contributed by atoms with van der Waals surface area (Å²) in [5.74, 6) is 0. The van der Waals surface area contributed by atoms with E-state index in [1.807, 2.05) is 25.2 Å². The van der Waals surface area contributed by atoms with Crippen molar-refractivity contribution in [1.82, 2.24) is 4.57 Å². The lowest BCUT2D eigenvalue weighted by atomic mass is 9.86. The number of aromatic nitrogens is 1. The molecular formula is C63H56N2. The zero-order chi connectivity index (χ0) is 45.5. The van der Waals surface area contributed by atoms with Gasteiger partial charge >= 0.3 is 0 Å². The second kappa shape index (κ2) is 19.7. The average Bonchev–Trinajstić information content (AvgIpc) is 3.43. The Labute approximate surface area is 385 Å². The van der Waals surface area contributed by atoms with Crippen LogP contribution >= 0.6 is 0 Å². The van der Waals surface area contributed by atoms with Crippen LogP contribution in [0.5, 0.6) is 0 Å². The predicted molar refractivity (Wildman–Crippen MR) is 284 cm³/mol. The summed E-state index contributed by atoms with van der Waals surface area (Å²) in [5.41, 5.74) is 22.0. The van der Waals surface area contributed by atoms with Gasteiger partial charge < -0.3 is 9.47 Å². The highest BCUT2D eigenvalue weighted by Crippen LogP contribution is 2.44. The van der Waals surface area contributed by atoms with Crippen LogP contribution in [0.15, 0.2) is 241 Å². The molecule has 0 unspecified atom stereocenters. The van der Waals surface area contributed by atoms with Gasteiger partial charge in [-0.1, -0.05) is 171 Å². The van der Waals surface area contributed by atoms with Gasteiger partial charge in [0, 0.05) is 33.9 Å². The highest BCUT2D eigenvalue weighted by Gasteiger charge is 2.22. The van der Waals surface area contributed by atoms with Gasteiger partial charge in [-0.15, -0.1) is 0 Å². The number of allylic oxidation sites excluding steroid dienone is 14. The van der Waals surface area contributed by atoms with E-state index in [0.717, 1.165) is 45.2 Å². The molecule has 0 saturated heterocycles. The summed E-state index contributed by atoms with van der Waals surface area (Å²) in [6.07, 6.45) is 25.2. The van der Waals surface area contributed by atoms with Gasteiger partial charge in [-0.2, -0.15) is 0 Å². The summed E-state index contributed by atoms with van der Waals surface area (Å²) in [4.78, 5) is 2.29. The van der Waals surface area contributed by atoms with E-state index in [1.54, 1.807) is 6.08 Å². The number of nitrogens with zero attached hydrogens (tertiary/aromatic N) is 2. The van der Waals surface area contributed by atoms with Crippen molar-refractivity contribution < 1.29 is 0 Å². The molecule has 8 rings (SSSR count). The Morgan fingerprint density at radius 3 is 1.78 bits per heavy atom. The number of anilines is 1. The third-order valence-corrected chi connectivity index (χ3v) is 12.3. The normalized spacial score (nSPS) is 13.6. The molecule has 0 aliphatic heterocycles. The Hall–Kier alpha value is -7.90. The van der Waals surface area contributed by atoms with Crippen LogP contribution in [0.25, 0.3) is 67.7 Å². The Morgan fingerprint density at radius 2 is 1.22 bits per heavy atom. The summed E-state index contributed by atoms with van der Waals surface area (Å²) >= 11 is 0. The smallest absolute Gasteiger partial charge is 0.0888 e. The maximum absolute atomic E-state index is 4.11. The Kier molecular flexibility index (Phi) is 13.2. The molecule has 1 aromatic heterocycles. The monoisotopic (exact) mass is 840 g/mol. The quantitative estimate of drug-likeness (QED) is 0.0638. The molecule has 6 aromatic carbocycles. The molecule has 2 heteroatoms. The van der Waals surface area contributed by atoms with E-state index in [2.05, 4.69) is 245 Å². The van der Waals surface area contributed by atoms with Crippen LogP contribution < -0.4 is 4.90 Å². The molecule has 0 atom stereocenters. The van der Waals surface area contributed by atoms with E-state index < -0.39 is 0 Å². The summed E-state index contributed by atoms with van der Waals surface area (Å²) < 4.78 is 2.36. The molecule has 0 radical (unpaired) electrons. The van der Waals surface area contributed by atoms with Gasteiger partial charge in [-0.05, 0) is 162 Å². The van der Waals surface area contributed by atoms with E-state index in [4.69, 9.17) is 0 Å². The van der Waals surface area contributed by atoms with E-state index in [9.17, 15) is 0 Å². The fourth-order valence-electron chi connectivity index (χ4n) is 9.02. The summed E-state index contributed by atoms with van der Waals surface area (Å²) in [5, 5.41) is 4.95. The maximum Gasteiger partial charge on any atom is 0.0888 e. The van der Waals surface area contributed by atoms with E-state index in [1.165, 1.54) is 66.2 Å². The second-order valence-corrected chi connectivity index (χ2v) is 16.5. The van der Waals surface area contributed by atoms with Gasteiger partial charge in [0.2, 0.25) is 0 Å². The van der Waals surface area contributed by atoms with E-state index in [0.29, 0.717) is 0 Å². The third-order valence-electron chi connectivity index (χ3n) is 12.3. The van der Waals surface area contributed by atoms with Gasteiger partial charge in [0.05, 0.1) is 11.4 Å². The number of rotatable bonds is 13. The lowest BCUT2D eigenvalue weighted by molar-refractivity contribution is 0.999. The van der Waals surface area contributed by atoms with Crippen LogP contribution in [0.1, 0.15) is 57.1 Å². The first-order chi connectivity index (χ1) is 31.7. The van der Waals surface area contributed by atoms with Crippen molar-refractivity contribution in [3.8, 4) is 27.9 Å². The number of fused-ring (bicyclic) bond motifs is 3. The molecule has 1 aliphatic carbocycles. The molecule has 0 amide bonds. The zero-order valence-electron chi connectivity index (χ0n) is 38.4. The van der Waals surface area contributed by atoms with Crippen molar-refractivity contribution in [3.05, 3.63) is 263 Å². The van der Waals surface area contributed by atoms with Crippen LogP contribution in [0.3, 0.4) is 0 Å². The van der Waals surface area contributed by atoms with E-state index in [-0.39, 0.29) is 0 Å². The third kappa shape index (κ3) is 8.86. The SMILES string of the molecule is C=C/C=C\C=C(/C)N(C1=C=Cc2c(/C=C(C)/C(C)=C/C(C=C)=C(C)/C=C\C)c(C)n(-c3ccccc3)c2C=C1)c1ccc(-c2c3ccccc3c(-c3ccccc3)c3ccccc23)cc1. The van der Waals surface area contributed by atoms with Crippen molar-refractivity contribution in [1.29, 1.82) is 0 Å². The molecule has 0 N–H and O–H groups in total. The average molecular weight is 841 g/mol. The van der Waals surface area contributed by atoms with Crippen molar-refractivity contribution in [2.45, 2.75) is 41.5 Å². The number of benzene rings is 6. The highest BCUT2D eigenvalue weighted by atomic mass is 15.1. The molecule has 2 nitrogen and oxygen atoms in total. The van der Waals surface area contributed by atoms with Crippen LogP contribution in [0.2, 0.25) is 0 Å². The van der Waals surface area contributed by atoms with Gasteiger partial charge in [0.25, 0.3) is 0 Å². The highest BCUT2D eigenvalue weighted by molar-refractivity contribution is 6.21. The van der Waals surface area contributed by atoms with E-state index >= 15 is 0 Å². The Bertz CT molecular complexity index is 3180. The second-order valence-electron chi connectivity index (χ2n) is 16.5. The Morgan fingerprint density at radius 1 is 0.646 bits per heavy atom. The molecule has 0 fully saturated rings. The summed E-state index contributed by atoms with van der Waals surface area (Å²) in [7, 11) is 0. The first-order valence-electron chi connectivity index (χ1n) is 22.4. The van der Waals surface area contributed by atoms with Crippen molar-refractivity contribution in [2.75, 3.05) is 4.90 Å². The first kappa shape index (κ1) is 43.7. The fourth-order valence-corrected chi connectivity index (χ4v) is 9.02. The number of hydrogen-bond donors (Lipinski definition) is 0.